The van der Waals surface area contributed by atoms with Gasteiger partial charge in [-0.05, 0) is 68.4 Å². The number of halogens is 1. The van der Waals surface area contributed by atoms with Crippen molar-refractivity contribution in [1.82, 2.24) is 10.0 Å². The molecule has 2 aromatic rings. The molecule has 26 heavy (non-hydrogen) atoms. The summed E-state index contributed by atoms with van der Waals surface area (Å²) in [7, 11) is -3.56. The van der Waals surface area contributed by atoms with E-state index in [1.165, 1.54) is 11.3 Å². The average molecular weight is 419 g/mol. The number of thiophene rings is 1. The molecule has 6 nitrogen and oxygen atoms in total. The molecule has 9 heteroatoms. The zero-order valence-corrected chi connectivity index (χ0v) is 16.9. The Labute approximate surface area is 163 Å². The molecule has 1 aromatic carbocycles. The number of sulfonamides is 1. The van der Waals surface area contributed by atoms with Gasteiger partial charge in [-0.3, -0.25) is 0 Å². The Hall–Kier alpha value is -1.19. The van der Waals surface area contributed by atoms with E-state index in [2.05, 4.69) is 10.0 Å². The smallest absolute Gasteiger partial charge is 0.348 e. The standard InChI is InChI=1S/C17H22N2O4S2.ClH/c1-2-23-17(20)16-9-13-8-14(5-6-15(13)24-16)25(21,22)19-11-12-4-3-7-18-10-12;/h5-6,8-9,12,18-19H,2-4,7,10-11H2,1H3;1H. The fraction of sp³-hybridized carbons (Fsp3) is 0.471. The van der Waals surface area contributed by atoms with Gasteiger partial charge in [0.1, 0.15) is 4.88 Å². The van der Waals surface area contributed by atoms with Gasteiger partial charge in [0.25, 0.3) is 0 Å². The number of hydrogen-bond donors (Lipinski definition) is 2. The van der Waals surface area contributed by atoms with Crippen molar-refractivity contribution in [2.45, 2.75) is 24.7 Å². The van der Waals surface area contributed by atoms with Crippen LogP contribution in [0.25, 0.3) is 10.1 Å². The SMILES string of the molecule is CCOC(=O)c1cc2cc(S(=O)(=O)NCC3CCCNC3)ccc2s1.Cl. The maximum absolute atomic E-state index is 12.5. The van der Waals surface area contributed by atoms with Crippen LogP contribution in [0.2, 0.25) is 0 Å². The number of piperidine rings is 1. The first-order chi connectivity index (χ1) is 12.0. The molecule has 0 radical (unpaired) electrons. The second-order valence-electron chi connectivity index (χ2n) is 6.10. The molecule has 1 aromatic heterocycles. The van der Waals surface area contributed by atoms with Crippen LogP contribution < -0.4 is 10.0 Å². The second kappa shape index (κ2) is 9.14. The minimum Gasteiger partial charge on any atom is -0.462 e. The van der Waals surface area contributed by atoms with Gasteiger partial charge in [0.2, 0.25) is 10.0 Å². The van der Waals surface area contributed by atoms with Gasteiger partial charge in [-0.15, -0.1) is 23.7 Å². The first-order valence-electron chi connectivity index (χ1n) is 8.40. The Morgan fingerprint density at radius 3 is 2.88 bits per heavy atom. The molecule has 1 aliphatic rings. The highest BCUT2D eigenvalue weighted by Crippen LogP contribution is 2.28. The van der Waals surface area contributed by atoms with Crippen LogP contribution >= 0.6 is 23.7 Å². The number of carbonyl (C=O) groups is 1. The van der Waals surface area contributed by atoms with Gasteiger partial charge in [0.15, 0.2) is 0 Å². The molecule has 0 aliphatic carbocycles. The van der Waals surface area contributed by atoms with Crippen LogP contribution in [0.5, 0.6) is 0 Å². The van der Waals surface area contributed by atoms with E-state index in [0.29, 0.717) is 23.9 Å². The average Bonchev–Trinajstić information content (AvgIpc) is 3.05. The fourth-order valence-electron chi connectivity index (χ4n) is 2.90. The molecule has 0 bridgehead atoms. The minimum atomic E-state index is -3.56. The topological polar surface area (TPSA) is 84.5 Å². The highest BCUT2D eigenvalue weighted by molar-refractivity contribution is 7.89. The lowest BCUT2D eigenvalue weighted by molar-refractivity contribution is 0.0532. The maximum Gasteiger partial charge on any atom is 0.348 e. The Morgan fingerprint density at radius 2 is 2.19 bits per heavy atom. The molecule has 1 atom stereocenters. The largest absolute Gasteiger partial charge is 0.462 e. The molecular weight excluding hydrogens is 396 g/mol. The van der Waals surface area contributed by atoms with Crippen molar-refractivity contribution < 1.29 is 17.9 Å². The monoisotopic (exact) mass is 418 g/mol. The van der Waals surface area contributed by atoms with Gasteiger partial charge >= 0.3 is 5.97 Å². The van der Waals surface area contributed by atoms with Crippen molar-refractivity contribution >= 4 is 49.8 Å². The van der Waals surface area contributed by atoms with Crippen LogP contribution in [0.4, 0.5) is 0 Å². The van der Waals surface area contributed by atoms with Gasteiger partial charge in [-0.25, -0.2) is 17.9 Å². The Morgan fingerprint density at radius 1 is 1.38 bits per heavy atom. The minimum absolute atomic E-state index is 0. The van der Waals surface area contributed by atoms with Crippen molar-refractivity contribution in [2.75, 3.05) is 26.2 Å². The summed E-state index contributed by atoms with van der Waals surface area (Å²) in [6, 6.07) is 6.60. The van der Waals surface area contributed by atoms with E-state index in [9.17, 15) is 13.2 Å². The van der Waals surface area contributed by atoms with Crippen molar-refractivity contribution in [3.63, 3.8) is 0 Å². The lowest BCUT2D eigenvalue weighted by Gasteiger charge is -2.22. The summed E-state index contributed by atoms with van der Waals surface area (Å²) in [5.74, 6) is -0.0557. The molecule has 0 saturated carbocycles. The molecule has 2 N–H and O–H groups in total. The number of carbonyl (C=O) groups excluding carboxylic acids is 1. The summed E-state index contributed by atoms with van der Waals surface area (Å²) in [4.78, 5) is 12.5. The molecule has 1 fully saturated rings. The highest BCUT2D eigenvalue weighted by atomic mass is 35.5. The van der Waals surface area contributed by atoms with Gasteiger partial charge < -0.3 is 10.1 Å². The molecular formula is C17H23ClN2O4S2. The van der Waals surface area contributed by atoms with E-state index in [0.717, 1.165) is 36.0 Å². The van der Waals surface area contributed by atoms with Crippen LogP contribution in [0.1, 0.15) is 29.4 Å². The zero-order valence-electron chi connectivity index (χ0n) is 14.5. The first kappa shape index (κ1) is 21.1. The quantitative estimate of drug-likeness (QED) is 0.704. The number of benzene rings is 1. The number of rotatable bonds is 6. The van der Waals surface area contributed by atoms with E-state index >= 15 is 0 Å². The Kier molecular flexibility index (Phi) is 7.42. The molecule has 0 amide bonds. The van der Waals surface area contributed by atoms with E-state index < -0.39 is 10.0 Å². The number of nitrogens with one attached hydrogen (secondary N) is 2. The van der Waals surface area contributed by atoms with Gasteiger partial charge in [-0.2, -0.15) is 0 Å². The Bertz CT molecular complexity index is 861. The summed E-state index contributed by atoms with van der Waals surface area (Å²) in [5.41, 5.74) is 0. The molecule has 1 saturated heterocycles. The third kappa shape index (κ3) is 4.95. The van der Waals surface area contributed by atoms with Crippen molar-refractivity contribution in [3.8, 4) is 0 Å². The number of hydrogen-bond acceptors (Lipinski definition) is 6. The maximum atomic E-state index is 12.5. The molecule has 1 aliphatic heterocycles. The molecule has 1 unspecified atom stereocenters. The number of esters is 1. The Balaban J connectivity index is 0.00000243. The summed E-state index contributed by atoms with van der Waals surface area (Å²) < 4.78 is 33.6. The van der Waals surface area contributed by atoms with Crippen LogP contribution in [-0.4, -0.2) is 40.6 Å². The lowest BCUT2D eigenvalue weighted by atomic mass is 10.0. The van der Waals surface area contributed by atoms with Gasteiger partial charge in [0, 0.05) is 11.2 Å². The van der Waals surface area contributed by atoms with E-state index in [4.69, 9.17) is 4.74 Å². The molecule has 2 heterocycles. The van der Waals surface area contributed by atoms with Gasteiger partial charge in [-0.1, -0.05) is 0 Å². The second-order valence-corrected chi connectivity index (χ2v) is 8.95. The third-order valence-electron chi connectivity index (χ3n) is 4.24. The van der Waals surface area contributed by atoms with Crippen LogP contribution in [-0.2, 0) is 14.8 Å². The first-order valence-corrected chi connectivity index (χ1v) is 10.7. The molecule has 144 valence electrons. The summed E-state index contributed by atoms with van der Waals surface area (Å²) in [6.07, 6.45) is 2.10. The van der Waals surface area contributed by atoms with Crippen molar-refractivity contribution in [3.05, 3.63) is 29.1 Å². The van der Waals surface area contributed by atoms with Crippen LogP contribution in [0.15, 0.2) is 29.2 Å². The fourth-order valence-corrected chi connectivity index (χ4v) is 4.99. The number of ether oxygens (including phenoxy) is 1. The summed E-state index contributed by atoms with van der Waals surface area (Å²) >= 11 is 1.30. The van der Waals surface area contributed by atoms with Gasteiger partial charge in [0.05, 0.1) is 11.5 Å². The predicted octanol–water partition coefficient (Wildman–Crippen LogP) is 2.78. The van der Waals surface area contributed by atoms with Crippen molar-refractivity contribution in [1.29, 1.82) is 0 Å². The zero-order chi connectivity index (χ0) is 17.9. The lowest BCUT2D eigenvalue weighted by Crippen LogP contribution is -2.38. The highest BCUT2D eigenvalue weighted by Gasteiger charge is 2.20. The molecule has 0 spiro atoms. The normalized spacial score (nSPS) is 17.7. The summed E-state index contributed by atoms with van der Waals surface area (Å²) in [5, 5.41) is 4.01. The van der Waals surface area contributed by atoms with Crippen LogP contribution in [0.3, 0.4) is 0 Å². The van der Waals surface area contributed by atoms with E-state index in [-0.39, 0.29) is 23.3 Å². The molecule has 3 rings (SSSR count). The van der Waals surface area contributed by atoms with Crippen LogP contribution in [0, 0.1) is 5.92 Å². The number of fused-ring (bicyclic) bond motifs is 1. The van der Waals surface area contributed by atoms with E-state index in [1.54, 1.807) is 31.2 Å². The summed E-state index contributed by atoms with van der Waals surface area (Å²) in [6.45, 7) is 4.34. The third-order valence-corrected chi connectivity index (χ3v) is 6.75. The van der Waals surface area contributed by atoms with Crippen molar-refractivity contribution in [2.24, 2.45) is 5.92 Å². The predicted molar refractivity (Wildman–Crippen MR) is 106 cm³/mol. The van der Waals surface area contributed by atoms with E-state index in [1.807, 2.05) is 0 Å².